The summed E-state index contributed by atoms with van der Waals surface area (Å²) in [6.07, 6.45) is 1.29. The maximum Gasteiger partial charge on any atom is 0.259 e. The number of hydrogen-bond acceptors (Lipinski definition) is 5. The summed E-state index contributed by atoms with van der Waals surface area (Å²) >= 11 is 6.23. The van der Waals surface area contributed by atoms with Crippen molar-refractivity contribution in [1.29, 1.82) is 0 Å². The summed E-state index contributed by atoms with van der Waals surface area (Å²) in [6, 6.07) is 9.15. The van der Waals surface area contributed by atoms with Gasteiger partial charge < -0.3 is 15.5 Å². The predicted molar refractivity (Wildman–Crippen MR) is 101 cm³/mol. The molecule has 6 nitrogen and oxygen atoms in total. The van der Waals surface area contributed by atoms with Crippen molar-refractivity contribution in [2.75, 3.05) is 11.9 Å². The Morgan fingerprint density at radius 1 is 1.25 bits per heavy atom. The van der Waals surface area contributed by atoms with E-state index in [1.165, 1.54) is 12.3 Å². The van der Waals surface area contributed by atoms with E-state index in [9.17, 15) is 15.0 Å². The van der Waals surface area contributed by atoms with Crippen LogP contribution >= 0.6 is 31.9 Å². The largest absolute Gasteiger partial charge is 0.506 e. The molecule has 0 spiro atoms. The van der Waals surface area contributed by atoms with Gasteiger partial charge in [-0.15, -0.1) is 0 Å². The summed E-state index contributed by atoms with van der Waals surface area (Å²) < 4.78 is 0.534. The Morgan fingerprint density at radius 2 is 2.00 bits per heavy atom. The molecule has 0 radical (unpaired) electrons. The lowest BCUT2D eigenvalue weighted by Gasteiger charge is -2.07. The van der Waals surface area contributed by atoms with Crippen LogP contribution in [-0.4, -0.2) is 28.9 Å². The Bertz CT molecular complexity index is 794. The summed E-state index contributed by atoms with van der Waals surface area (Å²) in [6.45, 7) is 2.03. The molecular weight excluding hydrogens is 442 g/mol. The van der Waals surface area contributed by atoms with Gasteiger partial charge in [0.05, 0.1) is 17.2 Å². The highest BCUT2D eigenvalue weighted by Gasteiger charge is 2.12. The van der Waals surface area contributed by atoms with Gasteiger partial charge in [-0.2, -0.15) is 5.10 Å². The number of anilines is 1. The second kappa shape index (κ2) is 8.16. The fourth-order valence-electron chi connectivity index (χ4n) is 1.87. The monoisotopic (exact) mass is 455 g/mol. The fourth-order valence-corrected chi connectivity index (χ4v) is 3.02. The number of carbonyl (C=O) groups is 1. The minimum atomic E-state index is -0.329. The van der Waals surface area contributed by atoms with Crippen LogP contribution in [0.1, 0.15) is 11.1 Å². The molecule has 2 rings (SSSR count). The van der Waals surface area contributed by atoms with E-state index in [-0.39, 0.29) is 28.4 Å². The van der Waals surface area contributed by atoms with Crippen LogP contribution < -0.4 is 10.7 Å². The lowest BCUT2D eigenvalue weighted by molar-refractivity contribution is -0.119. The average molecular weight is 457 g/mol. The molecule has 126 valence electrons. The van der Waals surface area contributed by atoms with Gasteiger partial charge in [-0.1, -0.05) is 12.1 Å². The maximum atomic E-state index is 11.8. The third-order valence-electron chi connectivity index (χ3n) is 3.06. The number of nitrogens with zero attached hydrogens (tertiary/aromatic N) is 1. The molecule has 0 saturated heterocycles. The van der Waals surface area contributed by atoms with E-state index in [2.05, 4.69) is 47.7 Å². The Morgan fingerprint density at radius 3 is 2.71 bits per heavy atom. The Kier molecular flexibility index (Phi) is 6.22. The summed E-state index contributed by atoms with van der Waals surface area (Å²) in [5.41, 5.74) is 4.63. The number of halogens is 2. The molecular formula is C16H15Br2N3O3. The number of phenols is 2. The summed E-state index contributed by atoms with van der Waals surface area (Å²) in [7, 11) is 0. The topological polar surface area (TPSA) is 94.0 Å². The van der Waals surface area contributed by atoms with Crippen molar-refractivity contribution < 1.29 is 15.0 Å². The molecule has 0 saturated carbocycles. The van der Waals surface area contributed by atoms with E-state index in [0.29, 0.717) is 10.0 Å². The zero-order chi connectivity index (χ0) is 17.7. The second-order valence-electron chi connectivity index (χ2n) is 4.98. The molecule has 0 heterocycles. The van der Waals surface area contributed by atoms with Crippen LogP contribution in [0.15, 0.2) is 44.4 Å². The van der Waals surface area contributed by atoms with Gasteiger partial charge in [0.1, 0.15) is 16.0 Å². The van der Waals surface area contributed by atoms with E-state index in [1.54, 1.807) is 0 Å². The molecule has 0 aliphatic heterocycles. The number of hydrazone groups is 1. The lowest BCUT2D eigenvalue weighted by Crippen LogP contribution is -2.25. The lowest BCUT2D eigenvalue weighted by atomic mass is 10.2. The molecule has 0 bridgehead atoms. The molecule has 0 unspecified atom stereocenters. The minimum absolute atomic E-state index is 0.0652. The van der Waals surface area contributed by atoms with E-state index < -0.39 is 0 Å². The van der Waals surface area contributed by atoms with Crippen LogP contribution in [0, 0.1) is 6.92 Å². The van der Waals surface area contributed by atoms with Crippen molar-refractivity contribution in [1.82, 2.24) is 5.43 Å². The zero-order valence-corrected chi connectivity index (χ0v) is 15.8. The first-order valence-corrected chi connectivity index (χ1v) is 8.49. The first kappa shape index (κ1) is 18.3. The number of aryl methyl sites for hydroxylation is 1. The highest BCUT2D eigenvalue weighted by molar-refractivity contribution is 9.11. The molecule has 0 fully saturated rings. The van der Waals surface area contributed by atoms with Gasteiger partial charge in [0.25, 0.3) is 5.91 Å². The first-order valence-electron chi connectivity index (χ1n) is 6.91. The molecule has 2 aromatic rings. The molecule has 0 aromatic heterocycles. The third-order valence-corrected chi connectivity index (χ3v) is 4.42. The van der Waals surface area contributed by atoms with Crippen molar-refractivity contribution in [3.05, 3.63) is 50.4 Å². The first-order chi connectivity index (χ1) is 11.4. The van der Waals surface area contributed by atoms with Crippen LogP contribution in [0.25, 0.3) is 0 Å². The average Bonchev–Trinajstić information content (AvgIpc) is 2.55. The number of aromatic hydroxyl groups is 2. The Labute approximate surface area is 155 Å². The molecule has 0 atom stereocenters. The SMILES string of the molecule is Cc1cccc(NCC(=O)N/N=C/c2cc(Br)c(O)c(Br)c2O)c1. The normalized spacial score (nSPS) is 10.8. The molecule has 4 N–H and O–H groups in total. The third kappa shape index (κ3) is 4.72. The zero-order valence-electron chi connectivity index (χ0n) is 12.7. The predicted octanol–water partition coefficient (Wildman–Crippen LogP) is 3.49. The van der Waals surface area contributed by atoms with Crippen molar-refractivity contribution >= 4 is 49.7 Å². The van der Waals surface area contributed by atoms with Gasteiger partial charge in [0.2, 0.25) is 0 Å². The van der Waals surface area contributed by atoms with Gasteiger partial charge >= 0.3 is 0 Å². The molecule has 8 heteroatoms. The maximum absolute atomic E-state index is 11.8. The van der Waals surface area contributed by atoms with E-state index in [1.807, 2.05) is 31.2 Å². The highest BCUT2D eigenvalue weighted by Crippen LogP contribution is 2.40. The Hall–Kier alpha value is -2.06. The van der Waals surface area contributed by atoms with E-state index in [4.69, 9.17) is 0 Å². The number of hydrogen-bond donors (Lipinski definition) is 4. The van der Waals surface area contributed by atoms with Crippen LogP contribution in [0.2, 0.25) is 0 Å². The van der Waals surface area contributed by atoms with Crippen LogP contribution in [-0.2, 0) is 4.79 Å². The number of benzene rings is 2. The van der Waals surface area contributed by atoms with Crippen molar-refractivity contribution in [2.45, 2.75) is 6.92 Å². The van der Waals surface area contributed by atoms with Gasteiger partial charge in [-0.05, 0) is 62.5 Å². The molecule has 0 aliphatic carbocycles. The molecule has 2 aromatic carbocycles. The van der Waals surface area contributed by atoms with E-state index in [0.717, 1.165) is 11.3 Å². The number of nitrogens with one attached hydrogen (secondary N) is 2. The number of amides is 1. The highest BCUT2D eigenvalue weighted by atomic mass is 79.9. The molecule has 1 amide bonds. The smallest absolute Gasteiger partial charge is 0.259 e. The summed E-state index contributed by atoms with van der Waals surface area (Å²) in [4.78, 5) is 11.8. The van der Waals surface area contributed by atoms with Crippen LogP contribution in [0.3, 0.4) is 0 Å². The van der Waals surface area contributed by atoms with Crippen molar-refractivity contribution in [3.8, 4) is 11.5 Å². The van der Waals surface area contributed by atoms with Crippen LogP contribution in [0.4, 0.5) is 5.69 Å². The van der Waals surface area contributed by atoms with Crippen LogP contribution in [0.5, 0.6) is 11.5 Å². The Balaban J connectivity index is 1.93. The van der Waals surface area contributed by atoms with Gasteiger partial charge in [0, 0.05) is 11.3 Å². The second-order valence-corrected chi connectivity index (χ2v) is 6.62. The van der Waals surface area contributed by atoms with Gasteiger partial charge in [0.15, 0.2) is 0 Å². The number of rotatable bonds is 5. The summed E-state index contributed by atoms with van der Waals surface area (Å²) in [5, 5.41) is 26.3. The molecule has 0 aliphatic rings. The number of carbonyl (C=O) groups excluding carboxylic acids is 1. The quantitative estimate of drug-likeness (QED) is 0.409. The number of phenolic OH excluding ortho intramolecular Hbond substituents is 2. The minimum Gasteiger partial charge on any atom is -0.506 e. The summed E-state index contributed by atoms with van der Waals surface area (Å²) in [5.74, 6) is -0.619. The standard InChI is InChI=1S/C16H15Br2N3O3/c1-9-3-2-4-11(5-9)19-8-13(22)21-20-7-10-6-12(17)16(24)14(18)15(10)23/h2-7,19,23-24H,8H2,1H3,(H,21,22)/b20-7+. The van der Waals surface area contributed by atoms with Gasteiger partial charge in [-0.25, -0.2) is 5.43 Å². The van der Waals surface area contributed by atoms with E-state index >= 15 is 0 Å². The van der Waals surface area contributed by atoms with Gasteiger partial charge in [-0.3, -0.25) is 4.79 Å². The van der Waals surface area contributed by atoms with Crippen molar-refractivity contribution in [3.63, 3.8) is 0 Å². The molecule has 24 heavy (non-hydrogen) atoms. The fraction of sp³-hybridized carbons (Fsp3) is 0.125. The van der Waals surface area contributed by atoms with Crippen molar-refractivity contribution in [2.24, 2.45) is 5.10 Å².